The lowest BCUT2D eigenvalue weighted by atomic mass is 10.2. The third-order valence-electron chi connectivity index (χ3n) is 3.57. The Morgan fingerprint density at radius 3 is 2.50 bits per heavy atom. The first-order valence-corrected chi connectivity index (χ1v) is 6.87. The van der Waals surface area contributed by atoms with E-state index in [-0.39, 0.29) is 5.91 Å². The molecule has 1 fully saturated rings. The van der Waals surface area contributed by atoms with Gasteiger partial charge in [-0.15, -0.1) is 0 Å². The molecule has 5 heteroatoms. The molecule has 1 aliphatic rings. The van der Waals surface area contributed by atoms with Crippen LogP contribution in [0.4, 0.5) is 0 Å². The molecule has 5 nitrogen and oxygen atoms in total. The second-order valence-corrected chi connectivity index (χ2v) is 5.04. The Morgan fingerprint density at radius 1 is 1.22 bits per heavy atom. The van der Waals surface area contributed by atoms with Gasteiger partial charge in [-0.1, -0.05) is 0 Å². The number of rotatable bonds is 8. The molecule has 1 rings (SSSR count). The molecule has 2 unspecified atom stereocenters. The van der Waals surface area contributed by atoms with Crippen molar-refractivity contribution in [1.82, 2.24) is 15.5 Å². The van der Waals surface area contributed by atoms with Gasteiger partial charge in [0.1, 0.15) is 0 Å². The van der Waals surface area contributed by atoms with Crippen LogP contribution in [-0.4, -0.2) is 62.8 Å². The van der Waals surface area contributed by atoms with E-state index in [1.165, 1.54) is 12.8 Å². The minimum Gasteiger partial charge on any atom is -0.383 e. The van der Waals surface area contributed by atoms with Crippen LogP contribution in [0.1, 0.15) is 26.7 Å². The van der Waals surface area contributed by atoms with Gasteiger partial charge in [0.15, 0.2) is 0 Å². The predicted octanol–water partition coefficient (Wildman–Crippen LogP) is 0.211. The van der Waals surface area contributed by atoms with Crippen molar-refractivity contribution < 1.29 is 9.53 Å². The second kappa shape index (κ2) is 8.45. The van der Waals surface area contributed by atoms with Gasteiger partial charge in [-0.25, -0.2) is 0 Å². The zero-order chi connectivity index (χ0) is 13.4. The molecule has 2 N–H and O–H groups in total. The fraction of sp³-hybridized carbons (Fsp3) is 0.923. The Bertz CT molecular complexity index is 238. The van der Waals surface area contributed by atoms with Crippen LogP contribution in [-0.2, 0) is 9.53 Å². The highest BCUT2D eigenvalue weighted by Crippen LogP contribution is 2.22. The number of nitrogens with one attached hydrogen (secondary N) is 2. The van der Waals surface area contributed by atoms with Gasteiger partial charge in [-0.3, -0.25) is 9.69 Å². The lowest BCUT2D eigenvalue weighted by Crippen LogP contribution is -2.43. The summed E-state index contributed by atoms with van der Waals surface area (Å²) >= 11 is 0. The number of nitrogens with zero attached hydrogens (tertiary/aromatic N) is 1. The minimum atomic E-state index is 0.129. The Labute approximate surface area is 110 Å². The highest BCUT2D eigenvalue weighted by Gasteiger charge is 2.28. The number of methoxy groups -OCH3 is 1. The Kier molecular flexibility index (Phi) is 7.23. The predicted molar refractivity (Wildman–Crippen MR) is 72.6 cm³/mol. The zero-order valence-corrected chi connectivity index (χ0v) is 11.9. The van der Waals surface area contributed by atoms with E-state index in [1.807, 2.05) is 0 Å². The van der Waals surface area contributed by atoms with Gasteiger partial charge >= 0.3 is 0 Å². The Hall–Kier alpha value is -0.650. The zero-order valence-electron chi connectivity index (χ0n) is 11.9. The van der Waals surface area contributed by atoms with Crippen molar-refractivity contribution in [1.29, 1.82) is 0 Å². The van der Waals surface area contributed by atoms with Crippen molar-refractivity contribution in [3.63, 3.8) is 0 Å². The van der Waals surface area contributed by atoms with Crippen LogP contribution in [0.3, 0.4) is 0 Å². The van der Waals surface area contributed by atoms with Crippen molar-refractivity contribution in [2.75, 3.05) is 39.9 Å². The third kappa shape index (κ3) is 5.33. The van der Waals surface area contributed by atoms with E-state index in [0.717, 1.165) is 13.1 Å². The first-order valence-electron chi connectivity index (χ1n) is 6.87. The number of carbonyl (C=O) groups is 1. The molecule has 0 radical (unpaired) electrons. The average Bonchev–Trinajstić information content (AvgIpc) is 2.65. The SMILES string of the molecule is COCCNCCNC(=O)CN1C(C)CCC1C. The maximum atomic E-state index is 11.8. The van der Waals surface area contributed by atoms with Gasteiger partial charge < -0.3 is 15.4 Å². The molecule has 0 saturated carbocycles. The number of carbonyl (C=O) groups excluding carboxylic acids is 1. The van der Waals surface area contributed by atoms with E-state index < -0.39 is 0 Å². The number of ether oxygens (including phenoxy) is 1. The van der Waals surface area contributed by atoms with Gasteiger partial charge in [-0.2, -0.15) is 0 Å². The Balaban J connectivity index is 2.06. The monoisotopic (exact) mass is 257 g/mol. The molecule has 1 amide bonds. The summed E-state index contributed by atoms with van der Waals surface area (Å²) in [6.45, 7) is 7.93. The van der Waals surface area contributed by atoms with Gasteiger partial charge in [0.25, 0.3) is 0 Å². The van der Waals surface area contributed by atoms with E-state index in [1.54, 1.807) is 7.11 Å². The molecule has 1 heterocycles. The Morgan fingerprint density at radius 2 is 1.89 bits per heavy atom. The lowest BCUT2D eigenvalue weighted by molar-refractivity contribution is -0.122. The van der Waals surface area contributed by atoms with Gasteiger partial charge in [-0.05, 0) is 26.7 Å². The molecule has 18 heavy (non-hydrogen) atoms. The largest absolute Gasteiger partial charge is 0.383 e. The van der Waals surface area contributed by atoms with Crippen molar-refractivity contribution in [3.8, 4) is 0 Å². The third-order valence-corrected chi connectivity index (χ3v) is 3.57. The quantitative estimate of drug-likeness (QED) is 0.611. The normalized spacial score (nSPS) is 24.4. The van der Waals surface area contributed by atoms with Crippen molar-refractivity contribution in [2.45, 2.75) is 38.8 Å². The van der Waals surface area contributed by atoms with Crippen molar-refractivity contribution >= 4 is 5.91 Å². The number of likely N-dealkylation sites (tertiary alicyclic amines) is 1. The molecule has 0 aliphatic carbocycles. The molecular weight excluding hydrogens is 230 g/mol. The molecule has 0 bridgehead atoms. The van der Waals surface area contributed by atoms with E-state index in [4.69, 9.17) is 4.74 Å². The van der Waals surface area contributed by atoms with Crippen molar-refractivity contribution in [3.05, 3.63) is 0 Å². The van der Waals surface area contributed by atoms with Gasteiger partial charge in [0, 0.05) is 38.8 Å². The maximum absolute atomic E-state index is 11.8. The highest BCUT2D eigenvalue weighted by molar-refractivity contribution is 5.78. The number of hydrogen-bond acceptors (Lipinski definition) is 4. The molecular formula is C13H27N3O2. The molecule has 106 valence electrons. The summed E-state index contributed by atoms with van der Waals surface area (Å²) in [5.41, 5.74) is 0. The van der Waals surface area contributed by atoms with Crippen LogP contribution in [0, 0.1) is 0 Å². The first kappa shape index (κ1) is 15.4. The highest BCUT2D eigenvalue weighted by atomic mass is 16.5. The molecule has 2 atom stereocenters. The van der Waals surface area contributed by atoms with Crippen LogP contribution >= 0.6 is 0 Å². The maximum Gasteiger partial charge on any atom is 0.234 e. The molecule has 1 aliphatic heterocycles. The summed E-state index contributed by atoms with van der Waals surface area (Å²) in [4.78, 5) is 14.1. The lowest BCUT2D eigenvalue weighted by Gasteiger charge is -2.25. The van der Waals surface area contributed by atoms with Crippen LogP contribution < -0.4 is 10.6 Å². The summed E-state index contributed by atoms with van der Waals surface area (Å²) in [5.74, 6) is 0.129. The minimum absolute atomic E-state index is 0.129. The standard InChI is InChI=1S/C13H27N3O2/c1-11-4-5-12(2)16(11)10-13(17)15-7-6-14-8-9-18-3/h11-12,14H,4-10H2,1-3H3,(H,15,17). The first-order chi connectivity index (χ1) is 8.65. The summed E-state index contributed by atoms with van der Waals surface area (Å²) in [6.07, 6.45) is 2.40. The van der Waals surface area contributed by atoms with Crippen LogP contribution in [0.15, 0.2) is 0 Å². The fourth-order valence-electron chi connectivity index (χ4n) is 2.37. The summed E-state index contributed by atoms with van der Waals surface area (Å²) in [7, 11) is 1.68. The number of hydrogen-bond donors (Lipinski definition) is 2. The van der Waals surface area contributed by atoms with E-state index in [9.17, 15) is 4.79 Å². The number of amides is 1. The van der Waals surface area contributed by atoms with Crippen LogP contribution in [0.25, 0.3) is 0 Å². The second-order valence-electron chi connectivity index (χ2n) is 5.04. The summed E-state index contributed by atoms with van der Waals surface area (Å²) < 4.78 is 4.93. The molecule has 0 spiro atoms. The van der Waals surface area contributed by atoms with E-state index >= 15 is 0 Å². The van der Waals surface area contributed by atoms with Crippen LogP contribution in [0.5, 0.6) is 0 Å². The molecule has 0 aromatic carbocycles. The smallest absolute Gasteiger partial charge is 0.234 e. The van der Waals surface area contributed by atoms with E-state index in [0.29, 0.717) is 31.8 Å². The fourth-order valence-corrected chi connectivity index (χ4v) is 2.37. The molecule has 0 aromatic heterocycles. The van der Waals surface area contributed by atoms with Gasteiger partial charge in [0.2, 0.25) is 5.91 Å². The molecule has 1 saturated heterocycles. The van der Waals surface area contributed by atoms with Crippen molar-refractivity contribution in [2.24, 2.45) is 0 Å². The molecule has 0 aromatic rings. The summed E-state index contributed by atoms with van der Waals surface area (Å²) in [6, 6.07) is 1.07. The topological polar surface area (TPSA) is 53.6 Å². The average molecular weight is 257 g/mol. The van der Waals surface area contributed by atoms with Gasteiger partial charge in [0.05, 0.1) is 13.2 Å². The van der Waals surface area contributed by atoms with E-state index in [2.05, 4.69) is 29.4 Å². The summed E-state index contributed by atoms with van der Waals surface area (Å²) in [5, 5.41) is 6.14. The van der Waals surface area contributed by atoms with Crippen LogP contribution in [0.2, 0.25) is 0 Å².